The normalized spacial score (nSPS) is 13.5. The predicted molar refractivity (Wildman–Crippen MR) is 75.5 cm³/mol. The van der Waals surface area contributed by atoms with Crippen LogP contribution in [0.3, 0.4) is 0 Å². The summed E-state index contributed by atoms with van der Waals surface area (Å²) in [7, 11) is 3.67. The summed E-state index contributed by atoms with van der Waals surface area (Å²) >= 11 is 6.22. The number of benzene rings is 1. The second-order valence-corrected chi connectivity index (χ2v) is 4.38. The third kappa shape index (κ3) is 2.95. The lowest BCUT2D eigenvalue weighted by Gasteiger charge is -2.19. The molecule has 1 aromatic carbocycles. The molecule has 1 aromatic rings. The third-order valence-electron chi connectivity index (χ3n) is 2.93. The molecule has 2 rings (SSSR count). The standard InChI is InChI=1S/C13H16ClNO.ClH/c1-15-8-9-3-4-10-11(7-9)12(14)5-6-13(10)16-2;/h5-7,15H,3-4,8H2,1-2H3;1H. The highest BCUT2D eigenvalue weighted by Crippen LogP contribution is 2.35. The monoisotopic (exact) mass is 273 g/mol. The number of likely N-dealkylation sites (N-methyl/N-ethyl adjacent to an activating group) is 1. The van der Waals surface area contributed by atoms with E-state index in [0.717, 1.165) is 35.7 Å². The zero-order chi connectivity index (χ0) is 11.5. The molecule has 0 spiro atoms. The van der Waals surface area contributed by atoms with Crippen molar-refractivity contribution in [1.82, 2.24) is 5.32 Å². The van der Waals surface area contributed by atoms with Gasteiger partial charge in [-0.2, -0.15) is 0 Å². The maximum Gasteiger partial charge on any atom is 0.122 e. The molecule has 0 amide bonds. The van der Waals surface area contributed by atoms with Crippen LogP contribution in [-0.4, -0.2) is 20.7 Å². The molecule has 1 aliphatic carbocycles. The van der Waals surface area contributed by atoms with Gasteiger partial charge in [-0.15, -0.1) is 12.4 Å². The molecule has 1 N–H and O–H groups in total. The van der Waals surface area contributed by atoms with Crippen molar-refractivity contribution in [3.63, 3.8) is 0 Å². The summed E-state index contributed by atoms with van der Waals surface area (Å²) in [4.78, 5) is 0. The Morgan fingerprint density at radius 2 is 2.12 bits per heavy atom. The summed E-state index contributed by atoms with van der Waals surface area (Å²) in [6, 6.07) is 3.84. The van der Waals surface area contributed by atoms with Crippen molar-refractivity contribution in [3.8, 4) is 5.75 Å². The van der Waals surface area contributed by atoms with Gasteiger partial charge in [-0.3, -0.25) is 0 Å². The van der Waals surface area contributed by atoms with Gasteiger partial charge < -0.3 is 10.1 Å². The van der Waals surface area contributed by atoms with Gasteiger partial charge in [0, 0.05) is 17.1 Å². The van der Waals surface area contributed by atoms with Crippen LogP contribution < -0.4 is 10.1 Å². The van der Waals surface area contributed by atoms with Gasteiger partial charge in [-0.25, -0.2) is 0 Å². The maximum absolute atomic E-state index is 6.22. The first kappa shape index (κ1) is 14.4. The molecule has 0 aromatic heterocycles. The van der Waals surface area contributed by atoms with Crippen LogP contribution in [0.1, 0.15) is 17.5 Å². The Labute approximate surface area is 113 Å². The Kier molecular flexibility index (Phi) is 5.31. The molecule has 94 valence electrons. The van der Waals surface area contributed by atoms with Crippen molar-refractivity contribution >= 4 is 30.1 Å². The highest BCUT2D eigenvalue weighted by atomic mass is 35.5. The summed E-state index contributed by atoms with van der Waals surface area (Å²) in [5, 5.41) is 3.98. The molecule has 2 nitrogen and oxygen atoms in total. The Morgan fingerprint density at radius 3 is 2.76 bits per heavy atom. The van der Waals surface area contributed by atoms with Crippen LogP contribution in [0.15, 0.2) is 17.7 Å². The molecule has 0 heterocycles. The second kappa shape index (κ2) is 6.29. The van der Waals surface area contributed by atoms with E-state index in [2.05, 4.69) is 11.4 Å². The van der Waals surface area contributed by atoms with E-state index in [9.17, 15) is 0 Å². The lowest BCUT2D eigenvalue weighted by molar-refractivity contribution is 0.409. The number of methoxy groups -OCH3 is 1. The molecular formula is C13H17Cl2NO. The van der Waals surface area contributed by atoms with Crippen molar-refractivity contribution < 1.29 is 4.74 Å². The van der Waals surface area contributed by atoms with Crippen LogP contribution in [0.5, 0.6) is 5.75 Å². The van der Waals surface area contributed by atoms with Crippen LogP contribution in [0, 0.1) is 0 Å². The third-order valence-corrected chi connectivity index (χ3v) is 3.26. The second-order valence-electron chi connectivity index (χ2n) is 3.97. The first-order valence-electron chi connectivity index (χ1n) is 5.45. The van der Waals surface area contributed by atoms with Gasteiger partial charge in [0.15, 0.2) is 0 Å². The number of halogens is 2. The minimum absolute atomic E-state index is 0. The quantitative estimate of drug-likeness (QED) is 0.913. The fraction of sp³-hybridized carbons (Fsp3) is 0.385. The van der Waals surface area contributed by atoms with E-state index in [1.165, 1.54) is 11.1 Å². The summed E-state index contributed by atoms with van der Waals surface area (Å²) in [6.45, 7) is 0.924. The fourth-order valence-corrected chi connectivity index (χ4v) is 2.38. The average Bonchev–Trinajstić information content (AvgIpc) is 2.31. The molecule has 0 atom stereocenters. The van der Waals surface area contributed by atoms with Gasteiger partial charge in [0.2, 0.25) is 0 Å². The van der Waals surface area contributed by atoms with Crippen molar-refractivity contribution in [2.75, 3.05) is 20.7 Å². The Hall–Kier alpha value is -0.700. The Balaban J connectivity index is 0.00000144. The minimum atomic E-state index is 0. The van der Waals surface area contributed by atoms with Gasteiger partial charge in [0.25, 0.3) is 0 Å². The summed E-state index contributed by atoms with van der Waals surface area (Å²) in [5.74, 6) is 0.944. The van der Waals surface area contributed by atoms with Crippen LogP contribution in [0.25, 0.3) is 6.08 Å². The van der Waals surface area contributed by atoms with Crippen molar-refractivity contribution in [2.24, 2.45) is 0 Å². The fourth-order valence-electron chi connectivity index (χ4n) is 2.15. The molecule has 0 aliphatic heterocycles. The summed E-state index contributed by atoms with van der Waals surface area (Å²) in [6.07, 6.45) is 4.26. The van der Waals surface area contributed by atoms with E-state index in [1.54, 1.807) is 7.11 Å². The molecule has 0 fully saturated rings. The zero-order valence-electron chi connectivity index (χ0n) is 10.0. The predicted octanol–water partition coefficient (Wildman–Crippen LogP) is 3.32. The molecule has 0 radical (unpaired) electrons. The highest BCUT2D eigenvalue weighted by Gasteiger charge is 2.16. The molecule has 0 saturated carbocycles. The first-order chi connectivity index (χ1) is 7.76. The number of ether oxygens (including phenoxy) is 1. The van der Waals surface area contributed by atoms with Crippen molar-refractivity contribution in [3.05, 3.63) is 33.9 Å². The number of hydrogen-bond donors (Lipinski definition) is 1. The Morgan fingerprint density at radius 1 is 1.35 bits per heavy atom. The summed E-state index contributed by atoms with van der Waals surface area (Å²) in [5.41, 5.74) is 3.75. The zero-order valence-corrected chi connectivity index (χ0v) is 11.6. The van der Waals surface area contributed by atoms with Gasteiger partial charge in [-0.05, 0) is 37.6 Å². The van der Waals surface area contributed by atoms with E-state index < -0.39 is 0 Å². The molecule has 17 heavy (non-hydrogen) atoms. The molecule has 0 unspecified atom stereocenters. The lowest BCUT2D eigenvalue weighted by Crippen LogP contribution is -2.13. The van der Waals surface area contributed by atoms with Gasteiger partial charge in [0.1, 0.15) is 5.75 Å². The topological polar surface area (TPSA) is 21.3 Å². The van der Waals surface area contributed by atoms with Gasteiger partial charge in [-0.1, -0.05) is 23.3 Å². The Bertz CT molecular complexity index is 430. The first-order valence-corrected chi connectivity index (χ1v) is 5.83. The van der Waals surface area contributed by atoms with E-state index >= 15 is 0 Å². The van der Waals surface area contributed by atoms with Crippen LogP contribution in [-0.2, 0) is 6.42 Å². The number of fused-ring (bicyclic) bond motifs is 1. The smallest absolute Gasteiger partial charge is 0.122 e. The summed E-state index contributed by atoms with van der Waals surface area (Å²) < 4.78 is 5.36. The van der Waals surface area contributed by atoms with Gasteiger partial charge in [0.05, 0.1) is 7.11 Å². The molecular weight excluding hydrogens is 257 g/mol. The molecule has 0 saturated heterocycles. The van der Waals surface area contributed by atoms with Crippen molar-refractivity contribution in [1.29, 1.82) is 0 Å². The number of hydrogen-bond acceptors (Lipinski definition) is 2. The van der Waals surface area contributed by atoms with Gasteiger partial charge >= 0.3 is 0 Å². The van der Waals surface area contributed by atoms with Crippen LogP contribution in [0.4, 0.5) is 0 Å². The van der Waals surface area contributed by atoms with Crippen LogP contribution in [0.2, 0.25) is 5.02 Å². The van der Waals surface area contributed by atoms with E-state index in [-0.39, 0.29) is 12.4 Å². The van der Waals surface area contributed by atoms with E-state index in [1.807, 2.05) is 19.2 Å². The van der Waals surface area contributed by atoms with Crippen molar-refractivity contribution in [2.45, 2.75) is 12.8 Å². The molecule has 0 bridgehead atoms. The average molecular weight is 274 g/mol. The SMILES string of the molecule is CNCC1=Cc2c(Cl)ccc(OC)c2CC1.Cl. The minimum Gasteiger partial charge on any atom is -0.496 e. The van der Waals surface area contributed by atoms with E-state index in [0.29, 0.717) is 0 Å². The largest absolute Gasteiger partial charge is 0.496 e. The molecule has 1 aliphatic rings. The number of nitrogens with one attached hydrogen (secondary N) is 1. The lowest BCUT2D eigenvalue weighted by atomic mass is 9.91. The maximum atomic E-state index is 6.22. The molecule has 4 heteroatoms. The number of rotatable bonds is 3. The van der Waals surface area contributed by atoms with Crippen LogP contribution >= 0.6 is 24.0 Å². The van der Waals surface area contributed by atoms with E-state index in [4.69, 9.17) is 16.3 Å². The highest BCUT2D eigenvalue weighted by molar-refractivity contribution is 6.32.